The van der Waals surface area contributed by atoms with Crippen molar-refractivity contribution in [1.29, 1.82) is 0 Å². The maximum absolute atomic E-state index is 13.1. The molecule has 4 aromatic rings. The quantitative estimate of drug-likeness (QED) is 0.510. The number of carbonyl (C=O) groups excluding carboxylic acids is 1. The lowest BCUT2D eigenvalue weighted by atomic mass is 10.3. The third-order valence-corrected chi connectivity index (χ3v) is 6.32. The number of carbonyl (C=O) groups is 1. The Bertz CT molecular complexity index is 1360. The first kappa shape index (κ1) is 19.6. The number of benzene rings is 2. The van der Waals surface area contributed by atoms with Crippen molar-refractivity contribution in [3.8, 4) is 0 Å². The highest BCUT2D eigenvalue weighted by atomic mass is 32.2. The Kier molecular flexibility index (Phi) is 5.20. The van der Waals surface area contributed by atoms with Crippen LogP contribution in [0.3, 0.4) is 0 Å². The lowest BCUT2D eigenvalue weighted by Gasteiger charge is -2.06. The molecule has 0 spiro atoms. The minimum absolute atomic E-state index is 0.00265. The minimum atomic E-state index is -4.12. The Morgan fingerprint density at radius 1 is 0.900 bits per heavy atom. The molecule has 0 unspecified atom stereocenters. The van der Waals surface area contributed by atoms with Crippen molar-refractivity contribution in [2.45, 2.75) is 18.0 Å². The third-order valence-electron chi connectivity index (χ3n) is 4.62. The lowest BCUT2D eigenvalue weighted by Crippen LogP contribution is -2.34. The number of aromatic nitrogens is 3. The van der Waals surface area contributed by atoms with E-state index in [1.54, 1.807) is 67.0 Å². The van der Waals surface area contributed by atoms with Gasteiger partial charge < -0.3 is 5.32 Å². The Hall–Kier alpha value is -3.72. The van der Waals surface area contributed by atoms with Gasteiger partial charge >= 0.3 is 5.69 Å². The highest BCUT2D eigenvalue weighted by Gasteiger charge is 2.25. The molecule has 0 aliphatic heterocycles. The molecular formula is C21H18N4O4S. The van der Waals surface area contributed by atoms with Gasteiger partial charge in [-0.2, -0.15) is 3.97 Å². The molecule has 0 saturated carbocycles. The number of para-hydroxylation sites is 2. The van der Waals surface area contributed by atoms with Crippen LogP contribution < -0.4 is 11.0 Å². The van der Waals surface area contributed by atoms with Crippen LogP contribution in [0, 0.1) is 0 Å². The smallest absolute Gasteiger partial charge is 0.343 e. The van der Waals surface area contributed by atoms with Crippen molar-refractivity contribution in [2.75, 3.05) is 0 Å². The van der Waals surface area contributed by atoms with E-state index in [1.807, 2.05) is 0 Å². The Balaban J connectivity index is 1.71. The predicted octanol–water partition coefficient (Wildman–Crippen LogP) is 1.75. The normalized spacial score (nSPS) is 11.5. The van der Waals surface area contributed by atoms with E-state index in [-0.39, 0.29) is 23.5 Å². The van der Waals surface area contributed by atoms with Gasteiger partial charge in [-0.25, -0.2) is 13.2 Å². The summed E-state index contributed by atoms with van der Waals surface area (Å²) < 4.78 is 28.2. The van der Waals surface area contributed by atoms with Gasteiger partial charge in [0, 0.05) is 18.9 Å². The van der Waals surface area contributed by atoms with Gasteiger partial charge in [0.2, 0.25) is 5.91 Å². The third kappa shape index (κ3) is 3.62. The maximum Gasteiger partial charge on any atom is 0.343 e. The monoisotopic (exact) mass is 422 g/mol. The summed E-state index contributed by atoms with van der Waals surface area (Å²) in [7, 11) is -4.12. The molecule has 30 heavy (non-hydrogen) atoms. The first-order chi connectivity index (χ1) is 14.5. The molecule has 2 aromatic carbocycles. The summed E-state index contributed by atoms with van der Waals surface area (Å²) in [6, 6.07) is 17.7. The van der Waals surface area contributed by atoms with Crippen LogP contribution in [-0.2, 0) is 27.9 Å². The minimum Gasteiger partial charge on any atom is -0.350 e. The summed E-state index contributed by atoms with van der Waals surface area (Å²) in [6.07, 6.45) is 3.24. The second-order valence-corrected chi connectivity index (χ2v) is 8.36. The number of nitrogens with one attached hydrogen (secondary N) is 1. The lowest BCUT2D eigenvalue weighted by molar-refractivity contribution is -0.121. The fourth-order valence-electron chi connectivity index (χ4n) is 3.16. The molecular weight excluding hydrogens is 404 g/mol. The van der Waals surface area contributed by atoms with Gasteiger partial charge in [0.15, 0.2) is 0 Å². The van der Waals surface area contributed by atoms with Crippen molar-refractivity contribution in [3.05, 3.63) is 95.2 Å². The van der Waals surface area contributed by atoms with Crippen molar-refractivity contribution in [1.82, 2.24) is 18.8 Å². The van der Waals surface area contributed by atoms with Gasteiger partial charge in [-0.3, -0.25) is 14.3 Å². The highest BCUT2D eigenvalue weighted by molar-refractivity contribution is 7.90. The molecule has 9 heteroatoms. The summed E-state index contributed by atoms with van der Waals surface area (Å²) in [5.74, 6) is -0.408. The second kappa shape index (κ2) is 7.96. The van der Waals surface area contributed by atoms with Gasteiger partial charge in [0.1, 0.15) is 6.54 Å². The number of pyridine rings is 1. The van der Waals surface area contributed by atoms with Crippen LogP contribution in [0.15, 0.2) is 88.8 Å². The average Bonchev–Trinajstić information content (AvgIpc) is 3.05. The number of imidazole rings is 1. The molecule has 1 N–H and O–H groups in total. The molecule has 0 aliphatic carbocycles. The van der Waals surface area contributed by atoms with E-state index in [0.717, 1.165) is 14.1 Å². The van der Waals surface area contributed by atoms with Crippen molar-refractivity contribution in [3.63, 3.8) is 0 Å². The van der Waals surface area contributed by atoms with Crippen molar-refractivity contribution in [2.24, 2.45) is 0 Å². The van der Waals surface area contributed by atoms with Crippen LogP contribution in [0.1, 0.15) is 5.56 Å². The van der Waals surface area contributed by atoms with E-state index in [9.17, 15) is 18.0 Å². The van der Waals surface area contributed by atoms with Crippen molar-refractivity contribution >= 4 is 27.0 Å². The fraction of sp³-hybridized carbons (Fsp3) is 0.0952. The summed E-state index contributed by atoms with van der Waals surface area (Å²) in [4.78, 5) is 29.5. The summed E-state index contributed by atoms with van der Waals surface area (Å²) in [5.41, 5.74) is 0.647. The van der Waals surface area contributed by atoms with E-state index in [2.05, 4.69) is 10.3 Å². The maximum atomic E-state index is 13.1. The number of rotatable bonds is 6. The van der Waals surface area contributed by atoms with Crippen LogP contribution in [0.4, 0.5) is 0 Å². The van der Waals surface area contributed by atoms with Crippen molar-refractivity contribution < 1.29 is 13.2 Å². The zero-order valence-electron chi connectivity index (χ0n) is 15.8. The molecule has 0 fully saturated rings. The molecule has 0 atom stereocenters. The SMILES string of the molecule is O=C(Cn1c(=O)n(S(=O)(=O)c2ccccc2)c2ccccc21)NCc1ccncc1. The molecule has 2 heterocycles. The second-order valence-electron chi connectivity index (χ2n) is 6.57. The molecule has 4 rings (SSSR count). The average molecular weight is 422 g/mol. The molecule has 8 nitrogen and oxygen atoms in total. The molecule has 0 bridgehead atoms. The number of hydrogen-bond donors (Lipinski definition) is 1. The predicted molar refractivity (Wildman–Crippen MR) is 111 cm³/mol. The number of hydrogen-bond acceptors (Lipinski definition) is 5. The largest absolute Gasteiger partial charge is 0.350 e. The number of fused-ring (bicyclic) bond motifs is 1. The Labute approximate surface area is 172 Å². The van der Waals surface area contributed by atoms with Gasteiger partial charge in [-0.15, -0.1) is 0 Å². The van der Waals surface area contributed by atoms with Crippen LogP contribution in [0.5, 0.6) is 0 Å². The van der Waals surface area contributed by atoms with E-state index >= 15 is 0 Å². The highest BCUT2D eigenvalue weighted by Crippen LogP contribution is 2.19. The summed E-state index contributed by atoms with van der Waals surface area (Å²) in [6.45, 7) is -0.0290. The Morgan fingerprint density at radius 3 is 2.23 bits per heavy atom. The van der Waals surface area contributed by atoms with Crippen LogP contribution in [0.2, 0.25) is 0 Å². The standard InChI is InChI=1S/C21H18N4O4S/c26-20(23-14-16-10-12-22-13-11-16)15-24-18-8-4-5-9-19(18)25(21(24)27)30(28,29)17-6-2-1-3-7-17/h1-13H,14-15H2,(H,23,26). The fourth-order valence-corrected chi connectivity index (χ4v) is 4.59. The van der Waals surface area contributed by atoms with Crippen LogP contribution >= 0.6 is 0 Å². The summed E-state index contributed by atoms with van der Waals surface area (Å²) in [5, 5.41) is 2.73. The zero-order valence-corrected chi connectivity index (χ0v) is 16.6. The van der Waals surface area contributed by atoms with Gasteiger partial charge in [-0.1, -0.05) is 30.3 Å². The Morgan fingerprint density at radius 2 is 1.53 bits per heavy atom. The van der Waals surface area contributed by atoms with E-state index < -0.39 is 21.6 Å². The zero-order chi connectivity index (χ0) is 21.1. The molecule has 2 aromatic heterocycles. The number of amides is 1. The van der Waals surface area contributed by atoms with Crippen LogP contribution in [-0.4, -0.2) is 27.8 Å². The summed E-state index contributed by atoms with van der Waals surface area (Å²) >= 11 is 0. The molecule has 1 amide bonds. The molecule has 0 saturated heterocycles. The van der Waals surface area contributed by atoms with E-state index in [0.29, 0.717) is 5.52 Å². The van der Waals surface area contributed by atoms with E-state index in [1.165, 1.54) is 12.1 Å². The first-order valence-corrected chi connectivity index (χ1v) is 10.6. The number of nitrogens with zero attached hydrogens (tertiary/aromatic N) is 3. The van der Waals surface area contributed by atoms with Gasteiger partial charge in [0.25, 0.3) is 10.0 Å². The van der Waals surface area contributed by atoms with Crippen LogP contribution in [0.25, 0.3) is 11.0 Å². The topological polar surface area (TPSA) is 103 Å². The van der Waals surface area contributed by atoms with Gasteiger partial charge in [0.05, 0.1) is 15.9 Å². The molecule has 152 valence electrons. The van der Waals surface area contributed by atoms with E-state index in [4.69, 9.17) is 0 Å². The molecule has 0 aliphatic rings. The molecule has 0 radical (unpaired) electrons. The van der Waals surface area contributed by atoms with Gasteiger partial charge in [-0.05, 0) is 42.0 Å². The first-order valence-electron chi connectivity index (χ1n) is 9.15.